The van der Waals surface area contributed by atoms with Crippen molar-refractivity contribution in [1.82, 2.24) is 0 Å². The zero-order valence-electron chi connectivity index (χ0n) is 12.7. The van der Waals surface area contributed by atoms with Crippen molar-refractivity contribution in [2.75, 3.05) is 0 Å². The molecule has 4 nitrogen and oxygen atoms in total. The van der Waals surface area contributed by atoms with Crippen LogP contribution in [0.3, 0.4) is 0 Å². The van der Waals surface area contributed by atoms with Crippen molar-refractivity contribution < 1.29 is 19.4 Å². The lowest BCUT2D eigenvalue weighted by atomic mass is 9.98. The van der Waals surface area contributed by atoms with Gasteiger partial charge in [0.25, 0.3) is 0 Å². The second-order valence-electron chi connectivity index (χ2n) is 5.39. The highest BCUT2D eigenvalue weighted by Crippen LogP contribution is 2.33. The van der Waals surface area contributed by atoms with Crippen LogP contribution in [0.2, 0.25) is 0 Å². The van der Waals surface area contributed by atoms with Crippen molar-refractivity contribution in [3.63, 3.8) is 0 Å². The Morgan fingerprint density at radius 3 is 2.43 bits per heavy atom. The highest BCUT2D eigenvalue weighted by atomic mass is 16.5. The molecule has 1 N–H and O–H groups in total. The molecule has 0 amide bonds. The van der Waals surface area contributed by atoms with E-state index in [1.165, 1.54) is 0 Å². The number of hydrogen-bond donors (Lipinski definition) is 1. The van der Waals surface area contributed by atoms with Crippen molar-refractivity contribution in [3.05, 3.63) is 65.2 Å². The van der Waals surface area contributed by atoms with Gasteiger partial charge in [-0.05, 0) is 47.9 Å². The fraction of sp³-hybridized carbons (Fsp3) is 0.158. The number of cyclic esters (lactones) is 1. The van der Waals surface area contributed by atoms with E-state index in [2.05, 4.69) is 6.92 Å². The number of benzene rings is 2. The molecule has 1 heterocycles. The highest BCUT2D eigenvalue weighted by Gasteiger charge is 2.26. The number of carbonyl (C=O) groups is 2. The van der Waals surface area contributed by atoms with Crippen LogP contribution >= 0.6 is 0 Å². The number of unbranched alkanes of at least 4 members (excludes halogenated alkanes) is 1. The fourth-order valence-corrected chi connectivity index (χ4v) is 2.55. The largest absolute Gasteiger partial charge is 0.478 e. The molecule has 0 atom stereocenters. The first-order valence-electron chi connectivity index (χ1n) is 7.50. The number of aromatic carboxylic acids is 1. The first kappa shape index (κ1) is 15.0. The first-order valence-corrected chi connectivity index (χ1v) is 7.50. The molecule has 0 unspecified atom stereocenters. The SMILES string of the molecule is CCC/C=C1\OC(=O)c2ccc(-c3ccc(C(=O)O)cc3)cc21. The van der Waals surface area contributed by atoms with E-state index in [0.29, 0.717) is 11.3 Å². The molecule has 0 fully saturated rings. The van der Waals surface area contributed by atoms with Gasteiger partial charge in [-0.3, -0.25) is 0 Å². The van der Waals surface area contributed by atoms with Crippen LogP contribution in [0.15, 0.2) is 48.5 Å². The second-order valence-corrected chi connectivity index (χ2v) is 5.39. The maximum Gasteiger partial charge on any atom is 0.344 e. The molecule has 0 saturated heterocycles. The molecular formula is C19H16O4. The van der Waals surface area contributed by atoms with Crippen LogP contribution in [0.1, 0.15) is 46.0 Å². The maximum absolute atomic E-state index is 11.9. The van der Waals surface area contributed by atoms with E-state index in [-0.39, 0.29) is 11.5 Å². The minimum Gasteiger partial charge on any atom is -0.478 e. The van der Waals surface area contributed by atoms with E-state index in [9.17, 15) is 9.59 Å². The molecule has 0 saturated carbocycles. The Bertz CT molecular complexity index is 801. The van der Waals surface area contributed by atoms with Gasteiger partial charge in [0.2, 0.25) is 0 Å². The molecule has 2 aromatic carbocycles. The summed E-state index contributed by atoms with van der Waals surface area (Å²) >= 11 is 0. The topological polar surface area (TPSA) is 63.6 Å². The van der Waals surface area contributed by atoms with E-state index in [1.54, 1.807) is 30.3 Å². The van der Waals surface area contributed by atoms with Gasteiger partial charge in [0.1, 0.15) is 5.76 Å². The summed E-state index contributed by atoms with van der Waals surface area (Å²) in [5.74, 6) is -0.666. The third-order valence-electron chi connectivity index (χ3n) is 3.79. The summed E-state index contributed by atoms with van der Waals surface area (Å²) in [5, 5.41) is 8.96. The number of carbonyl (C=O) groups excluding carboxylic acids is 1. The zero-order chi connectivity index (χ0) is 16.4. The third kappa shape index (κ3) is 2.88. The van der Waals surface area contributed by atoms with Crippen LogP contribution in [0.4, 0.5) is 0 Å². The van der Waals surface area contributed by atoms with E-state index < -0.39 is 5.97 Å². The molecule has 4 heteroatoms. The summed E-state index contributed by atoms with van der Waals surface area (Å²) in [6, 6.07) is 12.2. The van der Waals surface area contributed by atoms with Crippen molar-refractivity contribution in [2.24, 2.45) is 0 Å². The maximum atomic E-state index is 11.9. The van der Waals surface area contributed by atoms with Gasteiger partial charge in [-0.15, -0.1) is 0 Å². The van der Waals surface area contributed by atoms with Crippen LogP contribution in [-0.2, 0) is 4.74 Å². The first-order chi connectivity index (χ1) is 11.1. The molecule has 1 aliphatic rings. The summed E-state index contributed by atoms with van der Waals surface area (Å²) in [7, 11) is 0. The van der Waals surface area contributed by atoms with Crippen LogP contribution in [0.5, 0.6) is 0 Å². The predicted molar refractivity (Wildman–Crippen MR) is 87.1 cm³/mol. The van der Waals surface area contributed by atoms with Gasteiger partial charge in [0.05, 0.1) is 11.1 Å². The average Bonchev–Trinajstić information content (AvgIpc) is 2.88. The lowest BCUT2D eigenvalue weighted by Crippen LogP contribution is -1.95. The molecule has 1 aliphatic heterocycles. The minimum absolute atomic E-state index is 0.247. The summed E-state index contributed by atoms with van der Waals surface area (Å²) in [5.41, 5.74) is 3.42. The standard InChI is InChI=1S/C19H16O4/c1-2-3-4-17-16-11-14(9-10-15(16)19(22)23-17)12-5-7-13(8-6-12)18(20)21/h4-11H,2-3H2,1H3,(H,20,21)/b17-4-. The van der Waals surface area contributed by atoms with Gasteiger partial charge in [0, 0.05) is 5.56 Å². The van der Waals surface area contributed by atoms with E-state index in [1.807, 2.05) is 18.2 Å². The van der Waals surface area contributed by atoms with Crippen molar-refractivity contribution in [1.29, 1.82) is 0 Å². The molecule has 23 heavy (non-hydrogen) atoms. The Balaban J connectivity index is 2.00. The number of carboxylic acid groups (broad SMARTS) is 1. The average molecular weight is 308 g/mol. The second kappa shape index (κ2) is 6.08. The molecular weight excluding hydrogens is 292 g/mol. The predicted octanol–water partition coefficient (Wildman–Crippen LogP) is 4.36. The number of allylic oxidation sites excluding steroid dienone is 1. The van der Waals surface area contributed by atoms with Crippen LogP contribution in [-0.4, -0.2) is 17.0 Å². The van der Waals surface area contributed by atoms with Gasteiger partial charge >= 0.3 is 11.9 Å². The summed E-state index contributed by atoms with van der Waals surface area (Å²) in [4.78, 5) is 22.8. The number of ether oxygens (including phenoxy) is 1. The summed E-state index contributed by atoms with van der Waals surface area (Å²) < 4.78 is 5.32. The number of esters is 1. The van der Waals surface area contributed by atoms with Crippen LogP contribution in [0, 0.1) is 0 Å². The molecule has 0 bridgehead atoms. The number of fused-ring (bicyclic) bond motifs is 1. The molecule has 0 radical (unpaired) electrons. The monoisotopic (exact) mass is 308 g/mol. The smallest absolute Gasteiger partial charge is 0.344 e. The van der Waals surface area contributed by atoms with Gasteiger partial charge in [0.15, 0.2) is 0 Å². The Morgan fingerprint density at radius 1 is 1.09 bits per heavy atom. The number of hydrogen-bond acceptors (Lipinski definition) is 3. The molecule has 0 aromatic heterocycles. The minimum atomic E-state index is -0.950. The summed E-state index contributed by atoms with van der Waals surface area (Å²) in [6.07, 6.45) is 3.76. The van der Waals surface area contributed by atoms with Gasteiger partial charge in [-0.1, -0.05) is 31.5 Å². The fourth-order valence-electron chi connectivity index (χ4n) is 2.55. The van der Waals surface area contributed by atoms with Crippen LogP contribution < -0.4 is 0 Å². The molecule has 3 rings (SSSR count). The van der Waals surface area contributed by atoms with Crippen molar-refractivity contribution >= 4 is 17.7 Å². The number of carboxylic acids is 1. The Hall–Kier alpha value is -2.88. The number of rotatable bonds is 4. The molecule has 0 spiro atoms. The van der Waals surface area contributed by atoms with Gasteiger partial charge in [-0.25, -0.2) is 9.59 Å². The lowest BCUT2D eigenvalue weighted by Gasteiger charge is -2.05. The Labute approximate surface area is 134 Å². The van der Waals surface area contributed by atoms with Crippen molar-refractivity contribution in [3.8, 4) is 11.1 Å². The Kier molecular flexibility index (Phi) is 3.98. The summed E-state index contributed by atoms with van der Waals surface area (Å²) in [6.45, 7) is 2.06. The zero-order valence-corrected chi connectivity index (χ0v) is 12.7. The van der Waals surface area contributed by atoms with E-state index in [0.717, 1.165) is 29.5 Å². The van der Waals surface area contributed by atoms with Crippen molar-refractivity contribution in [2.45, 2.75) is 19.8 Å². The van der Waals surface area contributed by atoms with E-state index >= 15 is 0 Å². The quantitative estimate of drug-likeness (QED) is 0.852. The Morgan fingerprint density at radius 2 is 1.78 bits per heavy atom. The van der Waals surface area contributed by atoms with Gasteiger partial charge in [-0.2, -0.15) is 0 Å². The highest BCUT2D eigenvalue weighted by molar-refractivity contribution is 6.03. The third-order valence-corrected chi connectivity index (χ3v) is 3.79. The molecule has 116 valence electrons. The molecule has 0 aliphatic carbocycles. The van der Waals surface area contributed by atoms with Crippen LogP contribution in [0.25, 0.3) is 16.9 Å². The lowest BCUT2D eigenvalue weighted by molar-refractivity contribution is 0.0692. The van der Waals surface area contributed by atoms with Gasteiger partial charge < -0.3 is 9.84 Å². The normalized spacial score (nSPS) is 14.7. The molecule has 2 aromatic rings. The van der Waals surface area contributed by atoms with E-state index in [4.69, 9.17) is 9.84 Å².